The fourth-order valence-electron chi connectivity index (χ4n) is 4.08. The minimum Gasteiger partial charge on any atom is -0.493 e. The smallest absolute Gasteiger partial charge is 0.189 e. The Balaban J connectivity index is 1.23. The lowest BCUT2D eigenvalue weighted by atomic mass is 9.97. The van der Waals surface area contributed by atoms with E-state index < -0.39 is 0 Å². The predicted octanol–water partition coefficient (Wildman–Crippen LogP) is 3.35. The molecular formula is C22H31N5OS. The highest BCUT2D eigenvalue weighted by Gasteiger charge is 2.22. The van der Waals surface area contributed by atoms with E-state index in [4.69, 9.17) is 15.5 Å². The van der Waals surface area contributed by atoms with Gasteiger partial charge in [-0.25, -0.2) is 4.98 Å². The molecule has 4 rings (SSSR count). The largest absolute Gasteiger partial charge is 0.493 e. The summed E-state index contributed by atoms with van der Waals surface area (Å²) in [7, 11) is 0. The van der Waals surface area contributed by atoms with Crippen LogP contribution in [0.3, 0.4) is 0 Å². The highest BCUT2D eigenvalue weighted by atomic mass is 32.1. The fourth-order valence-corrected chi connectivity index (χ4v) is 4.82. The van der Waals surface area contributed by atoms with Crippen molar-refractivity contribution in [3.05, 3.63) is 45.9 Å². The van der Waals surface area contributed by atoms with Gasteiger partial charge < -0.3 is 15.8 Å². The van der Waals surface area contributed by atoms with E-state index in [9.17, 15) is 0 Å². The average molecular weight is 414 g/mol. The minimum atomic E-state index is 0.177. The van der Waals surface area contributed by atoms with Crippen molar-refractivity contribution in [2.24, 2.45) is 16.6 Å². The third-order valence-electron chi connectivity index (χ3n) is 5.79. The van der Waals surface area contributed by atoms with Gasteiger partial charge in [0.1, 0.15) is 5.75 Å². The molecule has 7 heteroatoms. The molecule has 1 saturated heterocycles. The normalized spacial score (nSPS) is 20.9. The molecule has 6 nitrogen and oxygen atoms in total. The molecule has 0 spiro atoms. The van der Waals surface area contributed by atoms with Gasteiger partial charge >= 0.3 is 0 Å². The van der Waals surface area contributed by atoms with Crippen molar-refractivity contribution in [3.8, 4) is 5.75 Å². The predicted molar refractivity (Wildman–Crippen MR) is 118 cm³/mol. The van der Waals surface area contributed by atoms with Gasteiger partial charge in [-0.2, -0.15) is 0 Å². The number of piperidine rings is 1. The molecular weight excluding hydrogens is 382 g/mol. The van der Waals surface area contributed by atoms with E-state index in [-0.39, 0.29) is 6.04 Å². The molecule has 2 aliphatic heterocycles. The van der Waals surface area contributed by atoms with Gasteiger partial charge in [0.05, 0.1) is 23.4 Å². The molecule has 3 heterocycles. The number of likely N-dealkylation sites (tertiary alicyclic amines) is 1. The van der Waals surface area contributed by atoms with Crippen LogP contribution in [0.4, 0.5) is 0 Å². The number of aryl methyl sites for hydroxylation is 1. The van der Waals surface area contributed by atoms with E-state index in [2.05, 4.69) is 33.6 Å². The van der Waals surface area contributed by atoms with Crippen molar-refractivity contribution < 1.29 is 4.74 Å². The summed E-state index contributed by atoms with van der Waals surface area (Å²) in [6.45, 7) is 6.86. The summed E-state index contributed by atoms with van der Waals surface area (Å²) in [5, 5.41) is 6.83. The number of aliphatic imine (C=N–C) groups is 1. The molecule has 2 aromatic rings. The quantitative estimate of drug-likeness (QED) is 0.561. The van der Waals surface area contributed by atoms with Crippen LogP contribution in [0.15, 0.2) is 34.6 Å². The van der Waals surface area contributed by atoms with Crippen molar-refractivity contribution in [2.45, 2.75) is 45.2 Å². The monoisotopic (exact) mass is 413 g/mol. The van der Waals surface area contributed by atoms with Gasteiger partial charge in [-0.1, -0.05) is 25.1 Å². The molecule has 0 bridgehead atoms. The van der Waals surface area contributed by atoms with Crippen molar-refractivity contribution in [1.29, 1.82) is 0 Å². The third-order valence-corrected chi connectivity index (χ3v) is 6.84. The van der Waals surface area contributed by atoms with Crippen LogP contribution in [-0.4, -0.2) is 42.1 Å². The zero-order chi connectivity index (χ0) is 20.1. The lowest BCUT2D eigenvalue weighted by molar-refractivity contribution is 0.179. The van der Waals surface area contributed by atoms with Crippen LogP contribution < -0.4 is 15.8 Å². The number of aromatic nitrogens is 1. The van der Waals surface area contributed by atoms with Gasteiger partial charge in [0.25, 0.3) is 0 Å². The number of fused-ring (bicyclic) bond motifs is 1. The Kier molecular flexibility index (Phi) is 6.67. The van der Waals surface area contributed by atoms with Gasteiger partial charge in [0.15, 0.2) is 5.96 Å². The first-order valence-corrected chi connectivity index (χ1v) is 11.5. The molecule has 29 heavy (non-hydrogen) atoms. The van der Waals surface area contributed by atoms with E-state index in [0.717, 1.165) is 44.8 Å². The van der Waals surface area contributed by atoms with Crippen LogP contribution in [0.1, 0.15) is 48.5 Å². The standard InChI is InChI=1S/C22H31N5OS/c1-2-21-25-17(15-29-21)14-27-10-7-16(8-11-27)13-24-22(23)26-19-9-12-28-20-6-4-3-5-18(19)20/h3-6,15-16,19H,2,7-14H2,1H3,(H3,23,24,26). The first-order valence-electron chi connectivity index (χ1n) is 10.6. The minimum absolute atomic E-state index is 0.177. The Bertz CT molecular complexity index is 828. The summed E-state index contributed by atoms with van der Waals surface area (Å²) in [6.07, 6.45) is 4.27. The number of nitrogens with one attached hydrogen (secondary N) is 1. The Morgan fingerprint density at radius 3 is 2.93 bits per heavy atom. The molecule has 1 fully saturated rings. The maximum absolute atomic E-state index is 6.20. The maximum Gasteiger partial charge on any atom is 0.189 e. The molecule has 156 valence electrons. The highest BCUT2D eigenvalue weighted by molar-refractivity contribution is 7.09. The van der Waals surface area contributed by atoms with Crippen LogP contribution in [0.2, 0.25) is 0 Å². The number of hydrogen-bond acceptors (Lipinski definition) is 5. The summed E-state index contributed by atoms with van der Waals surface area (Å²) < 4.78 is 5.72. The fraction of sp³-hybridized carbons (Fsp3) is 0.545. The Morgan fingerprint density at radius 2 is 2.14 bits per heavy atom. The third kappa shape index (κ3) is 5.28. The van der Waals surface area contributed by atoms with Gasteiger partial charge in [0.2, 0.25) is 0 Å². The summed E-state index contributed by atoms with van der Waals surface area (Å²) in [4.78, 5) is 11.9. The number of thiazole rings is 1. The lowest BCUT2D eigenvalue weighted by Gasteiger charge is -2.31. The molecule has 2 aliphatic rings. The van der Waals surface area contributed by atoms with Gasteiger partial charge in [0, 0.05) is 30.5 Å². The first kappa shape index (κ1) is 20.2. The Labute approximate surface area is 177 Å². The van der Waals surface area contributed by atoms with E-state index >= 15 is 0 Å². The summed E-state index contributed by atoms with van der Waals surface area (Å²) >= 11 is 1.78. The molecule has 0 radical (unpaired) electrons. The van der Waals surface area contributed by atoms with Crippen LogP contribution in [0, 0.1) is 5.92 Å². The van der Waals surface area contributed by atoms with Crippen LogP contribution >= 0.6 is 11.3 Å². The number of nitrogens with zero attached hydrogens (tertiary/aromatic N) is 3. The maximum atomic E-state index is 6.20. The molecule has 1 aromatic carbocycles. The van der Waals surface area contributed by atoms with E-state index in [0.29, 0.717) is 18.5 Å². The van der Waals surface area contributed by atoms with Crippen molar-refractivity contribution in [3.63, 3.8) is 0 Å². The Hall–Kier alpha value is -2.12. The molecule has 1 aromatic heterocycles. The molecule has 0 saturated carbocycles. The van der Waals surface area contributed by atoms with Gasteiger partial charge in [-0.05, 0) is 44.3 Å². The second-order valence-electron chi connectivity index (χ2n) is 7.90. The van der Waals surface area contributed by atoms with Crippen LogP contribution in [0.5, 0.6) is 5.75 Å². The number of rotatable bonds is 6. The van der Waals surface area contributed by atoms with E-state index in [1.807, 2.05) is 18.2 Å². The number of nitrogens with two attached hydrogens (primary N) is 1. The summed E-state index contributed by atoms with van der Waals surface area (Å²) in [5.41, 5.74) is 8.59. The molecule has 3 N–H and O–H groups in total. The summed E-state index contributed by atoms with van der Waals surface area (Å²) in [6, 6.07) is 8.33. The number of benzene rings is 1. The van der Waals surface area contributed by atoms with Crippen LogP contribution in [-0.2, 0) is 13.0 Å². The SMILES string of the molecule is CCc1nc(CN2CCC(CN=C(N)NC3CCOc4ccccc43)CC2)cs1. The zero-order valence-corrected chi connectivity index (χ0v) is 18.0. The van der Waals surface area contributed by atoms with Crippen LogP contribution in [0.25, 0.3) is 0 Å². The van der Waals surface area contributed by atoms with E-state index in [1.165, 1.54) is 29.1 Å². The first-order chi connectivity index (χ1) is 14.2. The second kappa shape index (κ2) is 9.59. The van der Waals surface area contributed by atoms with Gasteiger partial charge in [-0.3, -0.25) is 9.89 Å². The number of ether oxygens (including phenoxy) is 1. The summed E-state index contributed by atoms with van der Waals surface area (Å²) in [5.74, 6) is 2.10. The Morgan fingerprint density at radius 1 is 1.31 bits per heavy atom. The highest BCUT2D eigenvalue weighted by Crippen LogP contribution is 2.31. The topological polar surface area (TPSA) is 75.8 Å². The van der Waals surface area contributed by atoms with Crippen molar-refractivity contribution >= 4 is 17.3 Å². The van der Waals surface area contributed by atoms with Crippen molar-refractivity contribution in [1.82, 2.24) is 15.2 Å². The van der Waals surface area contributed by atoms with Gasteiger partial charge in [-0.15, -0.1) is 11.3 Å². The molecule has 1 atom stereocenters. The number of guanidine groups is 1. The number of hydrogen-bond donors (Lipinski definition) is 2. The average Bonchev–Trinajstić information content (AvgIpc) is 3.21. The van der Waals surface area contributed by atoms with E-state index in [1.54, 1.807) is 11.3 Å². The number of para-hydroxylation sites is 1. The second-order valence-corrected chi connectivity index (χ2v) is 8.85. The zero-order valence-electron chi connectivity index (χ0n) is 17.1. The molecule has 0 aliphatic carbocycles. The lowest BCUT2D eigenvalue weighted by Crippen LogP contribution is -2.38. The molecule has 0 amide bonds. The van der Waals surface area contributed by atoms with Crippen molar-refractivity contribution in [2.75, 3.05) is 26.2 Å². The molecule has 1 unspecified atom stereocenters.